The molecule has 1 atom stereocenters. The summed E-state index contributed by atoms with van der Waals surface area (Å²) < 4.78 is 0. The smallest absolute Gasteiger partial charge is 0.272 e. The molecule has 0 spiro atoms. The van der Waals surface area contributed by atoms with Crippen LogP contribution in [0.25, 0.3) is 0 Å². The van der Waals surface area contributed by atoms with Crippen LogP contribution in [0, 0.1) is 17.0 Å². The van der Waals surface area contributed by atoms with E-state index in [9.17, 15) is 10.1 Å². The van der Waals surface area contributed by atoms with Crippen molar-refractivity contribution in [2.75, 3.05) is 26.2 Å². The largest absolute Gasteiger partial charge is 0.314 e. The summed E-state index contributed by atoms with van der Waals surface area (Å²) in [6.45, 7) is 11.6. The maximum Gasteiger partial charge on any atom is 0.272 e. The number of aryl methyl sites for hydroxylation is 1. The fourth-order valence-corrected chi connectivity index (χ4v) is 2.81. The number of nitro benzene ring substituents is 1. The van der Waals surface area contributed by atoms with E-state index in [4.69, 9.17) is 0 Å². The number of hydrogen-bond acceptors (Lipinski definition) is 4. The molecule has 23 heavy (non-hydrogen) atoms. The van der Waals surface area contributed by atoms with Crippen LogP contribution in [0.4, 0.5) is 5.69 Å². The second-order valence-corrected chi connectivity index (χ2v) is 5.77. The van der Waals surface area contributed by atoms with Crippen LogP contribution in [-0.4, -0.2) is 36.0 Å². The minimum atomic E-state index is -0.297. The van der Waals surface area contributed by atoms with E-state index in [0.717, 1.165) is 43.7 Å². The summed E-state index contributed by atoms with van der Waals surface area (Å²) >= 11 is 0. The maximum atomic E-state index is 11.2. The van der Waals surface area contributed by atoms with E-state index in [1.165, 1.54) is 0 Å². The fourth-order valence-electron chi connectivity index (χ4n) is 2.81. The molecule has 1 aliphatic heterocycles. The molecule has 1 aliphatic rings. The van der Waals surface area contributed by atoms with Crippen molar-refractivity contribution in [1.82, 2.24) is 10.2 Å². The van der Waals surface area contributed by atoms with E-state index < -0.39 is 0 Å². The zero-order chi connectivity index (χ0) is 15.4. The summed E-state index contributed by atoms with van der Waals surface area (Å²) in [5.41, 5.74) is 3.02. The molecule has 1 aromatic rings. The minimum absolute atomic E-state index is 0. The van der Waals surface area contributed by atoms with Gasteiger partial charge in [-0.05, 0) is 25.8 Å². The molecule has 0 unspecified atom stereocenters. The summed E-state index contributed by atoms with van der Waals surface area (Å²) in [6, 6.07) is 5.76. The molecular formula is C16H25Cl2N3O2. The highest BCUT2D eigenvalue weighted by atomic mass is 35.5. The van der Waals surface area contributed by atoms with Crippen molar-refractivity contribution in [3.05, 3.63) is 51.6 Å². The number of benzene rings is 1. The molecule has 1 fully saturated rings. The first-order valence-electron chi connectivity index (χ1n) is 7.33. The van der Waals surface area contributed by atoms with Gasteiger partial charge in [0.05, 0.1) is 4.92 Å². The first kappa shape index (κ1) is 21.9. The SMILES string of the molecule is C=C(C)C[C@@H](c1ccc(C)c([N+](=O)[O-])c1)N1CCNCC1.Cl.Cl. The van der Waals surface area contributed by atoms with Gasteiger partial charge >= 0.3 is 0 Å². The summed E-state index contributed by atoms with van der Waals surface area (Å²) in [7, 11) is 0. The number of rotatable bonds is 5. The molecule has 0 aromatic heterocycles. The van der Waals surface area contributed by atoms with Gasteiger partial charge in [0.25, 0.3) is 5.69 Å². The van der Waals surface area contributed by atoms with Crippen LogP contribution in [0.15, 0.2) is 30.4 Å². The van der Waals surface area contributed by atoms with Gasteiger partial charge in [-0.25, -0.2) is 0 Å². The molecule has 0 aliphatic carbocycles. The van der Waals surface area contributed by atoms with Crippen molar-refractivity contribution in [1.29, 1.82) is 0 Å². The van der Waals surface area contributed by atoms with E-state index in [1.54, 1.807) is 13.0 Å². The monoisotopic (exact) mass is 361 g/mol. The lowest BCUT2D eigenvalue weighted by Crippen LogP contribution is -2.45. The summed E-state index contributed by atoms with van der Waals surface area (Å²) in [6.07, 6.45) is 0.834. The lowest BCUT2D eigenvalue weighted by atomic mass is 9.96. The first-order chi connectivity index (χ1) is 9.99. The molecule has 1 heterocycles. The molecule has 0 amide bonds. The third-order valence-corrected chi connectivity index (χ3v) is 3.95. The topological polar surface area (TPSA) is 58.4 Å². The van der Waals surface area contributed by atoms with Crippen LogP contribution in [0.1, 0.15) is 30.5 Å². The third kappa shape index (κ3) is 5.77. The number of halogens is 2. The highest BCUT2D eigenvalue weighted by Gasteiger charge is 2.24. The average Bonchev–Trinajstić information content (AvgIpc) is 2.46. The molecule has 0 radical (unpaired) electrons. The Morgan fingerprint density at radius 3 is 2.52 bits per heavy atom. The quantitative estimate of drug-likeness (QED) is 0.493. The summed E-state index contributed by atoms with van der Waals surface area (Å²) in [4.78, 5) is 13.3. The minimum Gasteiger partial charge on any atom is -0.314 e. The highest BCUT2D eigenvalue weighted by Crippen LogP contribution is 2.31. The van der Waals surface area contributed by atoms with Crippen LogP contribution in [-0.2, 0) is 0 Å². The van der Waals surface area contributed by atoms with E-state index in [2.05, 4.69) is 16.8 Å². The van der Waals surface area contributed by atoms with Gasteiger partial charge in [-0.15, -0.1) is 31.4 Å². The molecular weight excluding hydrogens is 337 g/mol. The predicted molar refractivity (Wildman–Crippen MR) is 98.9 cm³/mol. The molecule has 130 valence electrons. The van der Waals surface area contributed by atoms with Gasteiger partial charge in [0.1, 0.15) is 0 Å². The Kier molecular flexibility index (Phi) is 9.39. The van der Waals surface area contributed by atoms with Gasteiger partial charge in [-0.2, -0.15) is 0 Å². The Balaban J connectivity index is 0.00000242. The average molecular weight is 362 g/mol. The van der Waals surface area contributed by atoms with Crippen molar-refractivity contribution >= 4 is 30.5 Å². The van der Waals surface area contributed by atoms with Crippen LogP contribution < -0.4 is 5.32 Å². The number of piperazine rings is 1. The fraction of sp³-hybridized carbons (Fsp3) is 0.500. The van der Waals surface area contributed by atoms with Crippen molar-refractivity contribution in [3.8, 4) is 0 Å². The summed E-state index contributed by atoms with van der Waals surface area (Å²) in [5.74, 6) is 0. The lowest BCUT2D eigenvalue weighted by Gasteiger charge is -2.35. The Hall–Kier alpha value is -1.14. The van der Waals surface area contributed by atoms with Crippen molar-refractivity contribution in [2.24, 2.45) is 0 Å². The van der Waals surface area contributed by atoms with Crippen LogP contribution in [0.2, 0.25) is 0 Å². The first-order valence-corrected chi connectivity index (χ1v) is 7.33. The lowest BCUT2D eigenvalue weighted by molar-refractivity contribution is -0.385. The summed E-state index contributed by atoms with van der Waals surface area (Å²) in [5, 5.41) is 14.5. The van der Waals surface area contributed by atoms with E-state index in [-0.39, 0.29) is 41.5 Å². The maximum absolute atomic E-state index is 11.2. The van der Waals surface area contributed by atoms with Crippen molar-refractivity contribution in [3.63, 3.8) is 0 Å². The zero-order valence-electron chi connectivity index (χ0n) is 13.6. The Morgan fingerprint density at radius 1 is 1.39 bits per heavy atom. The second kappa shape index (κ2) is 9.88. The Labute approximate surface area is 150 Å². The molecule has 1 saturated heterocycles. The van der Waals surface area contributed by atoms with Gasteiger partial charge in [0.2, 0.25) is 0 Å². The van der Waals surface area contributed by atoms with Gasteiger partial charge < -0.3 is 5.32 Å². The predicted octanol–water partition coefficient (Wildman–Crippen LogP) is 3.66. The molecule has 2 rings (SSSR count). The van der Waals surface area contributed by atoms with Crippen LogP contribution in [0.5, 0.6) is 0 Å². The van der Waals surface area contributed by atoms with Gasteiger partial charge in [0.15, 0.2) is 0 Å². The Morgan fingerprint density at radius 2 is 2.00 bits per heavy atom. The zero-order valence-corrected chi connectivity index (χ0v) is 15.2. The molecule has 0 saturated carbocycles. The number of nitro groups is 1. The van der Waals surface area contributed by atoms with E-state index in [0.29, 0.717) is 5.56 Å². The number of hydrogen-bond donors (Lipinski definition) is 1. The normalized spacial score (nSPS) is 15.9. The van der Waals surface area contributed by atoms with Crippen LogP contribution >= 0.6 is 24.8 Å². The molecule has 1 aromatic carbocycles. The van der Waals surface area contributed by atoms with Gasteiger partial charge in [-0.1, -0.05) is 17.7 Å². The number of nitrogens with zero attached hydrogens (tertiary/aromatic N) is 2. The molecule has 0 bridgehead atoms. The van der Waals surface area contributed by atoms with Crippen molar-refractivity contribution < 1.29 is 4.92 Å². The van der Waals surface area contributed by atoms with Crippen molar-refractivity contribution in [2.45, 2.75) is 26.3 Å². The standard InChI is InChI=1S/C16H23N3O2.2ClH/c1-12(2)10-16(18-8-6-17-7-9-18)14-5-4-13(3)15(11-14)19(20)21;;/h4-5,11,16-17H,1,6-10H2,2-3H3;2*1H/t16-;;/m0../s1. The Bertz CT molecular complexity index is 546. The van der Waals surface area contributed by atoms with Gasteiger partial charge in [0, 0.05) is 43.9 Å². The van der Waals surface area contributed by atoms with Crippen LogP contribution in [0.3, 0.4) is 0 Å². The highest BCUT2D eigenvalue weighted by molar-refractivity contribution is 5.85. The molecule has 5 nitrogen and oxygen atoms in total. The molecule has 1 N–H and O–H groups in total. The second-order valence-electron chi connectivity index (χ2n) is 5.77. The van der Waals surface area contributed by atoms with E-state index in [1.807, 2.05) is 19.1 Å². The van der Waals surface area contributed by atoms with E-state index >= 15 is 0 Å². The molecule has 7 heteroatoms. The third-order valence-electron chi connectivity index (χ3n) is 3.95. The van der Waals surface area contributed by atoms with Gasteiger partial charge in [-0.3, -0.25) is 15.0 Å². The number of nitrogens with one attached hydrogen (secondary N) is 1.